The topological polar surface area (TPSA) is 12.4 Å². The molecule has 0 aliphatic carbocycles. The Bertz CT molecular complexity index is 316. The van der Waals surface area contributed by atoms with E-state index < -0.39 is 0 Å². The van der Waals surface area contributed by atoms with E-state index in [0.717, 1.165) is 15.7 Å². The molecule has 0 amide bonds. The summed E-state index contributed by atoms with van der Waals surface area (Å²) in [5, 5.41) is 2.33. The third-order valence-corrected chi connectivity index (χ3v) is 2.03. The zero-order valence-electron chi connectivity index (χ0n) is 5.97. The fourth-order valence-electron chi connectivity index (χ4n) is 0.758. The molecule has 0 spiro atoms. The molecule has 1 rings (SSSR count). The number of aliphatic imine (C=N–C) groups is 1. The molecule has 1 aromatic carbocycles. The maximum absolute atomic E-state index is 4.50. The fourth-order valence-corrected chi connectivity index (χ4v) is 1.19. The smallest absolute Gasteiger partial charge is 0.0884 e. The summed E-state index contributed by atoms with van der Waals surface area (Å²) >= 11 is 7.85. The SMILES string of the molecule is Cc1ccc(Br)c(N=C=S)c1. The van der Waals surface area contributed by atoms with E-state index in [0.29, 0.717) is 0 Å². The minimum Gasteiger partial charge on any atom is -0.194 e. The first-order valence-electron chi connectivity index (χ1n) is 3.08. The van der Waals surface area contributed by atoms with Crippen molar-refractivity contribution in [2.75, 3.05) is 0 Å². The minimum absolute atomic E-state index is 0.833. The maximum atomic E-state index is 4.50. The summed E-state index contributed by atoms with van der Waals surface area (Å²) in [4.78, 5) is 3.88. The van der Waals surface area contributed by atoms with Gasteiger partial charge in [0, 0.05) is 4.47 Å². The first kappa shape index (κ1) is 8.60. The van der Waals surface area contributed by atoms with Gasteiger partial charge < -0.3 is 0 Å². The molecule has 0 unspecified atom stereocenters. The number of rotatable bonds is 1. The Morgan fingerprint density at radius 2 is 2.27 bits per heavy atom. The standard InChI is InChI=1S/C8H6BrNS/c1-6-2-3-7(9)8(4-6)10-5-11/h2-4H,1H3. The van der Waals surface area contributed by atoms with Crippen molar-refractivity contribution >= 4 is 39.0 Å². The van der Waals surface area contributed by atoms with Crippen LogP contribution in [0.15, 0.2) is 27.7 Å². The average molecular weight is 228 g/mol. The van der Waals surface area contributed by atoms with Crippen LogP contribution in [0.5, 0.6) is 0 Å². The fraction of sp³-hybridized carbons (Fsp3) is 0.125. The molecule has 0 atom stereocenters. The van der Waals surface area contributed by atoms with Gasteiger partial charge in [-0.2, -0.15) is 4.99 Å². The highest BCUT2D eigenvalue weighted by molar-refractivity contribution is 9.10. The van der Waals surface area contributed by atoms with Crippen molar-refractivity contribution < 1.29 is 0 Å². The summed E-state index contributed by atoms with van der Waals surface area (Å²) in [5.74, 6) is 0. The average Bonchev–Trinajstić information content (AvgIpc) is 1.98. The van der Waals surface area contributed by atoms with Crippen LogP contribution in [0.1, 0.15) is 5.56 Å². The van der Waals surface area contributed by atoms with Crippen LogP contribution in [0.25, 0.3) is 0 Å². The van der Waals surface area contributed by atoms with Gasteiger partial charge in [-0.05, 0) is 52.8 Å². The predicted molar refractivity (Wildman–Crippen MR) is 53.6 cm³/mol. The molecule has 0 radical (unpaired) electrons. The van der Waals surface area contributed by atoms with Gasteiger partial charge in [0.2, 0.25) is 0 Å². The second kappa shape index (κ2) is 3.77. The largest absolute Gasteiger partial charge is 0.194 e. The quantitative estimate of drug-likeness (QED) is 0.529. The van der Waals surface area contributed by atoms with Crippen LogP contribution in [0.4, 0.5) is 5.69 Å². The summed E-state index contributed by atoms with van der Waals surface area (Å²) in [6.07, 6.45) is 0. The van der Waals surface area contributed by atoms with Crippen molar-refractivity contribution in [2.45, 2.75) is 6.92 Å². The van der Waals surface area contributed by atoms with Crippen LogP contribution < -0.4 is 0 Å². The minimum atomic E-state index is 0.833. The van der Waals surface area contributed by atoms with Crippen LogP contribution in [0.2, 0.25) is 0 Å². The lowest BCUT2D eigenvalue weighted by molar-refractivity contribution is 1.42. The van der Waals surface area contributed by atoms with Crippen molar-refractivity contribution in [3.05, 3.63) is 28.2 Å². The van der Waals surface area contributed by atoms with Gasteiger partial charge in [-0.15, -0.1) is 0 Å². The third-order valence-electron chi connectivity index (χ3n) is 1.27. The third kappa shape index (κ3) is 2.22. The molecule has 0 aromatic heterocycles. The van der Waals surface area contributed by atoms with E-state index in [-0.39, 0.29) is 0 Å². The van der Waals surface area contributed by atoms with Crippen molar-refractivity contribution in [1.29, 1.82) is 0 Å². The van der Waals surface area contributed by atoms with Gasteiger partial charge in [0.05, 0.1) is 10.8 Å². The Balaban J connectivity index is 3.22. The number of isothiocyanates is 1. The zero-order valence-corrected chi connectivity index (χ0v) is 8.37. The van der Waals surface area contributed by atoms with Gasteiger partial charge in [-0.3, -0.25) is 0 Å². The van der Waals surface area contributed by atoms with Gasteiger partial charge in [0.15, 0.2) is 0 Å². The Labute approximate surface area is 79.3 Å². The van der Waals surface area contributed by atoms with E-state index in [9.17, 15) is 0 Å². The number of hydrogen-bond donors (Lipinski definition) is 0. The van der Waals surface area contributed by atoms with Gasteiger partial charge >= 0.3 is 0 Å². The van der Waals surface area contributed by atoms with Crippen molar-refractivity contribution in [1.82, 2.24) is 0 Å². The highest BCUT2D eigenvalue weighted by Crippen LogP contribution is 2.25. The van der Waals surface area contributed by atoms with Crippen molar-refractivity contribution in [3.63, 3.8) is 0 Å². The molecule has 0 fully saturated rings. The first-order valence-corrected chi connectivity index (χ1v) is 4.28. The number of aryl methyl sites for hydroxylation is 1. The molecular weight excluding hydrogens is 222 g/mol. The van der Waals surface area contributed by atoms with Gasteiger partial charge in [-0.1, -0.05) is 6.07 Å². The normalized spacial score (nSPS) is 8.91. The Hall–Kier alpha value is -0.500. The van der Waals surface area contributed by atoms with E-state index in [4.69, 9.17) is 0 Å². The van der Waals surface area contributed by atoms with Crippen LogP contribution in [0.3, 0.4) is 0 Å². The number of nitrogens with zero attached hydrogens (tertiary/aromatic N) is 1. The molecule has 1 nitrogen and oxygen atoms in total. The lowest BCUT2D eigenvalue weighted by Gasteiger charge is -1.96. The molecule has 0 saturated carbocycles. The van der Waals surface area contributed by atoms with E-state index in [2.05, 4.69) is 38.3 Å². The highest BCUT2D eigenvalue weighted by atomic mass is 79.9. The summed E-state index contributed by atoms with van der Waals surface area (Å²) < 4.78 is 0.945. The molecule has 3 heteroatoms. The predicted octanol–water partition coefficient (Wildman–Crippen LogP) is 3.49. The molecule has 56 valence electrons. The van der Waals surface area contributed by atoms with Crippen molar-refractivity contribution in [2.24, 2.45) is 4.99 Å². The molecule has 0 aliphatic rings. The van der Waals surface area contributed by atoms with Crippen LogP contribution in [-0.2, 0) is 0 Å². The summed E-state index contributed by atoms with van der Waals surface area (Å²) in [6, 6.07) is 5.90. The Kier molecular flexibility index (Phi) is 2.94. The maximum Gasteiger partial charge on any atom is 0.0884 e. The monoisotopic (exact) mass is 227 g/mol. The Morgan fingerprint density at radius 3 is 2.91 bits per heavy atom. The van der Waals surface area contributed by atoms with Gasteiger partial charge in [-0.25, -0.2) is 0 Å². The number of hydrogen-bond acceptors (Lipinski definition) is 2. The van der Waals surface area contributed by atoms with E-state index in [1.165, 1.54) is 0 Å². The molecule has 1 aromatic rings. The molecular formula is C8H6BrNS. The molecule has 0 saturated heterocycles. The molecule has 11 heavy (non-hydrogen) atoms. The van der Waals surface area contributed by atoms with Crippen LogP contribution >= 0.6 is 28.1 Å². The molecule has 0 N–H and O–H groups in total. The summed E-state index contributed by atoms with van der Waals surface area (Å²) in [6.45, 7) is 2.01. The summed E-state index contributed by atoms with van der Waals surface area (Å²) in [7, 11) is 0. The van der Waals surface area contributed by atoms with Crippen LogP contribution in [-0.4, -0.2) is 5.16 Å². The lowest BCUT2D eigenvalue weighted by atomic mass is 10.2. The highest BCUT2D eigenvalue weighted by Gasteiger charge is 1.95. The van der Waals surface area contributed by atoms with E-state index in [1.54, 1.807) is 0 Å². The summed E-state index contributed by atoms with van der Waals surface area (Å²) in [5.41, 5.74) is 2.00. The Morgan fingerprint density at radius 1 is 1.55 bits per heavy atom. The van der Waals surface area contributed by atoms with E-state index in [1.807, 2.05) is 25.1 Å². The second-order valence-corrected chi connectivity index (χ2v) is 3.19. The lowest BCUT2D eigenvalue weighted by Crippen LogP contribution is -1.71. The zero-order chi connectivity index (χ0) is 8.27. The molecule has 0 heterocycles. The first-order chi connectivity index (χ1) is 5.24. The van der Waals surface area contributed by atoms with Crippen molar-refractivity contribution in [3.8, 4) is 0 Å². The van der Waals surface area contributed by atoms with E-state index >= 15 is 0 Å². The second-order valence-electron chi connectivity index (χ2n) is 2.16. The van der Waals surface area contributed by atoms with Gasteiger partial charge in [0.1, 0.15) is 0 Å². The molecule has 0 aliphatic heterocycles. The molecule has 0 bridgehead atoms. The number of thiocarbonyl (C=S) groups is 1. The van der Waals surface area contributed by atoms with Crippen LogP contribution in [0, 0.1) is 6.92 Å². The number of halogens is 1. The van der Waals surface area contributed by atoms with Gasteiger partial charge in [0.25, 0.3) is 0 Å². The number of benzene rings is 1.